The van der Waals surface area contributed by atoms with Gasteiger partial charge in [-0.1, -0.05) is 14.9 Å². The SMILES string of the molecule is C.C.S.S.S.[Sn].[Sn]. The van der Waals surface area contributed by atoms with E-state index in [2.05, 4.69) is 0 Å². The van der Waals surface area contributed by atoms with Crippen molar-refractivity contribution in [1.82, 2.24) is 0 Å². The first-order chi connectivity index (χ1) is 0. The van der Waals surface area contributed by atoms with Crippen LogP contribution in [0.4, 0.5) is 0 Å². The molecule has 0 aromatic heterocycles. The smallest absolute Gasteiger partial charge is 0 e. The maximum absolute atomic E-state index is 0. The molecule has 0 spiro atoms. The van der Waals surface area contributed by atoms with Crippen LogP contribution in [-0.2, 0) is 0 Å². The summed E-state index contributed by atoms with van der Waals surface area (Å²) in [5.41, 5.74) is 0. The molecule has 0 saturated heterocycles. The monoisotopic (exact) mass is 374 g/mol. The van der Waals surface area contributed by atoms with Gasteiger partial charge in [0.25, 0.3) is 0 Å². The Morgan fingerprint density at radius 2 is 0.429 bits per heavy atom. The molecule has 0 saturated carbocycles. The summed E-state index contributed by atoms with van der Waals surface area (Å²) in [6, 6.07) is 0. The van der Waals surface area contributed by atoms with Crippen molar-refractivity contribution in [3.8, 4) is 0 Å². The molecule has 0 aromatic rings. The molecule has 0 aromatic carbocycles. The Hall–Kier alpha value is 2.65. The van der Waals surface area contributed by atoms with Crippen molar-refractivity contribution in [3.05, 3.63) is 0 Å². The maximum Gasteiger partial charge on any atom is 0 e. The molecule has 0 amide bonds. The van der Waals surface area contributed by atoms with Crippen LogP contribution in [0.1, 0.15) is 14.9 Å². The van der Waals surface area contributed by atoms with E-state index in [-0.39, 0.29) is 103 Å². The largest absolute Gasteiger partial charge is 0.197 e. The van der Waals surface area contributed by atoms with Crippen molar-refractivity contribution in [1.29, 1.82) is 0 Å². The fourth-order valence-electron chi connectivity index (χ4n) is 0. The molecular weight excluding hydrogens is 358 g/mol. The van der Waals surface area contributed by atoms with Crippen LogP contribution in [0.5, 0.6) is 0 Å². The summed E-state index contributed by atoms with van der Waals surface area (Å²) in [5, 5.41) is 0. The van der Waals surface area contributed by atoms with Gasteiger partial charge in [0.15, 0.2) is 0 Å². The second-order valence-electron chi connectivity index (χ2n) is 0. The fraction of sp³-hybridized carbons (Fsp3) is 1.00. The number of hydrogen-bond donors (Lipinski definition) is 0. The zero-order valence-electron chi connectivity index (χ0n) is 2.50. The summed E-state index contributed by atoms with van der Waals surface area (Å²) in [4.78, 5) is 0. The summed E-state index contributed by atoms with van der Waals surface area (Å²) in [5.74, 6) is 0. The van der Waals surface area contributed by atoms with E-state index in [1.54, 1.807) is 0 Å². The van der Waals surface area contributed by atoms with E-state index in [0.29, 0.717) is 0 Å². The molecule has 8 radical (unpaired) electrons. The van der Waals surface area contributed by atoms with Crippen LogP contribution in [0.2, 0.25) is 0 Å². The van der Waals surface area contributed by atoms with Crippen LogP contribution in [-0.4, -0.2) is 47.8 Å². The van der Waals surface area contributed by atoms with Gasteiger partial charge in [0.1, 0.15) is 0 Å². The second-order valence-corrected chi connectivity index (χ2v) is 0. The first-order valence-electron chi connectivity index (χ1n) is 0. The predicted molar refractivity (Wildman–Crippen MR) is 56.1 cm³/mol. The molecule has 0 heterocycles. The Morgan fingerprint density at radius 1 is 0.429 bits per heavy atom. The van der Waals surface area contributed by atoms with Crippen molar-refractivity contribution >= 4 is 88.3 Å². The van der Waals surface area contributed by atoms with Gasteiger partial charge in [0.05, 0.1) is 0 Å². The van der Waals surface area contributed by atoms with Crippen molar-refractivity contribution in [2.45, 2.75) is 14.9 Å². The van der Waals surface area contributed by atoms with Crippen LogP contribution in [0.3, 0.4) is 0 Å². The summed E-state index contributed by atoms with van der Waals surface area (Å²) in [6.07, 6.45) is 0. The molecule has 0 N–H and O–H groups in total. The summed E-state index contributed by atoms with van der Waals surface area (Å²) >= 11 is 0. The summed E-state index contributed by atoms with van der Waals surface area (Å²) in [6.45, 7) is 0. The third-order valence-electron chi connectivity index (χ3n) is 0. The Kier molecular flexibility index (Phi) is 1060. The van der Waals surface area contributed by atoms with Gasteiger partial charge in [-0.3, -0.25) is 0 Å². The molecule has 48 valence electrons. The third-order valence-corrected chi connectivity index (χ3v) is 0. The molecule has 0 nitrogen and oxygen atoms in total. The van der Waals surface area contributed by atoms with Gasteiger partial charge in [-0.25, -0.2) is 0 Å². The van der Waals surface area contributed by atoms with Gasteiger partial charge in [0.2, 0.25) is 0 Å². The van der Waals surface area contributed by atoms with E-state index in [4.69, 9.17) is 0 Å². The molecule has 0 aliphatic rings. The van der Waals surface area contributed by atoms with E-state index >= 15 is 0 Å². The van der Waals surface area contributed by atoms with Crippen molar-refractivity contribution in [2.75, 3.05) is 0 Å². The van der Waals surface area contributed by atoms with Gasteiger partial charge in [0, 0.05) is 47.8 Å². The van der Waals surface area contributed by atoms with Crippen LogP contribution in [0.25, 0.3) is 0 Å². The fourth-order valence-corrected chi connectivity index (χ4v) is 0. The maximum atomic E-state index is 0. The van der Waals surface area contributed by atoms with E-state index in [0.717, 1.165) is 0 Å². The zero-order chi connectivity index (χ0) is 0. The molecule has 0 atom stereocenters. The van der Waals surface area contributed by atoms with Crippen LogP contribution in [0, 0.1) is 0 Å². The minimum absolute atomic E-state index is 0. The van der Waals surface area contributed by atoms with Gasteiger partial charge in [-0.15, -0.1) is 0 Å². The van der Waals surface area contributed by atoms with E-state index in [9.17, 15) is 0 Å². The third kappa shape index (κ3) is 54.5. The molecule has 0 unspecified atom stereocenters. The second kappa shape index (κ2) is 72.2. The molecule has 5 heteroatoms. The Balaban J connectivity index is 0. The Morgan fingerprint density at radius 3 is 0.429 bits per heavy atom. The van der Waals surface area contributed by atoms with Crippen LogP contribution < -0.4 is 0 Å². The zero-order valence-corrected chi connectivity index (χ0v) is 11.2. The Labute approximate surface area is 102 Å². The van der Waals surface area contributed by atoms with Crippen molar-refractivity contribution < 1.29 is 0 Å². The molecule has 0 rings (SSSR count). The number of hydrogen-bond acceptors (Lipinski definition) is 0. The average molecular weight is 372 g/mol. The van der Waals surface area contributed by atoms with Gasteiger partial charge < -0.3 is 0 Å². The van der Waals surface area contributed by atoms with E-state index < -0.39 is 0 Å². The van der Waals surface area contributed by atoms with Gasteiger partial charge in [-0.05, 0) is 0 Å². The van der Waals surface area contributed by atoms with Crippen LogP contribution in [0.15, 0.2) is 0 Å². The summed E-state index contributed by atoms with van der Waals surface area (Å²) in [7, 11) is 0. The normalized spacial score (nSPS) is 0. The predicted octanol–water partition coefficient (Wildman–Crippen LogP) is 0.849. The van der Waals surface area contributed by atoms with E-state index in [1.807, 2.05) is 0 Å². The average Bonchev–Trinajstić information content (AvgIpc) is 0. The molecule has 7 heavy (non-hydrogen) atoms. The topological polar surface area (TPSA) is 0 Å². The molecule has 0 bridgehead atoms. The number of rotatable bonds is 0. The van der Waals surface area contributed by atoms with Gasteiger partial charge in [-0.2, -0.15) is 40.5 Å². The first-order valence-corrected chi connectivity index (χ1v) is 0. The van der Waals surface area contributed by atoms with Crippen molar-refractivity contribution in [3.63, 3.8) is 0 Å². The molecular formula is C2H14S3Sn2. The summed E-state index contributed by atoms with van der Waals surface area (Å²) < 4.78 is 0. The van der Waals surface area contributed by atoms with Crippen LogP contribution >= 0.6 is 40.5 Å². The molecule has 0 fully saturated rings. The van der Waals surface area contributed by atoms with E-state index in [1.165, 1.54) is 0 Å². The van der Waals surface area contributed by atoms with Crippen molar-refractivity contribution in [2.24, 2.45) is 0 Å². The minimum atomic E-state index is 0. The molecule has 0 aliphatic heterocycles. The standard InChI is InChI=1S/2CH4.3H2S.2Sn/h2*1H4;3*1H2;;. The quantitative estimate of drug-likeness (QED) is 0.554. The first kappa shape index (κ1) is 103. The Bertz CT molecular complexity index is 10.9. The van der Waals surface area contributed by atoms with Gasteiger partial charge >= 0.3 is 0 Å². The minimum Gasteiger partial charge on any atom is -0.197 e. The molecule has 0 aliphatic carbocycles.